The van der Waals surface area contributed by atoms with Crippen LogP contribution in [0.15, 0.2) is 24.3 Å². The summed E-state index contributed by atoms with van der Waals surface area (Å²) in [5.74, 6) is -3.00. The molecule has 0 amide bonds. The van der Waals surface area contributed by atoms with E-state index >= 15 is 0 Å². The minimum absolute atomic E-state index is 0.0220. The fraction of sp³-hybridized carbons (Fsp3) is 0.462. The molecular formula is C13H16F2O. The van der Waals surface area contributed by atoms with Crippen LogP contribution in [0.2, 0.25) is 0 Å². The molecule has 88 valence electrons. The summed E-state index contributed by atoms with van der Waals surface area (Å²) in [6.07, 6.45) is -0.174. The number of carbonyl (C=O) groups excluding carboxylic acids is 1. The molecule has 1 rings (SSSR count). The van der Waals surface area contributed by atoms with Crippen LogP contribution >= 0.6 is 0 Å². The molecule has 16 heavy (non-hydrogen) atoms. The molecular weight excluding hydrogens is 210 g/mol. The number of alkyl halides is 2. The summed E-state index contributed by atoms with van der Waals surface area (Å²) in [5.41, 5.74) is 0.440. The quantitative estimate of drug-likeness (QED) is 0.708. The molecule has 0 fully saturated rings. The highest BCUT2D eigenvalue weighted by Gasteiger charge is 2.32. The van der Waals surface area contributed by atoms with Gasteiger partial charge in [-0.25, -0.2) is 8.78 Å². The van der Waals surface area contributed by atoms with Gasteiger partial charge in [0.05, 0.1) is 0 Å². The molecule has 0 N–H and O–H groups in total. The van der Waals surface area contributed by atoms with Crippen molar-refractivity contribution in [3.8, 4) is 0 Å². The van der Waals surface area contributed by atoms with Gasteiger partial charge in [0.15, 0.2) is 5.78 Å². The third kappa shape index (κ3) is 3.12. The van der Waals surface area contributed by atoms with Crippen molar-refractivity contribution in [2.45, 2.75) is 33.1 Å². The zero-order valence-corrected chi connectivity index (χ0v) is 9.76. The second kappa shape index (κ2) is 4.73. The third-order valence-corrected chi connectivity index (χ3v) is 2.38. The van der Waals surface area contributed by atoms with E-state index in [-0.39, 0.29) is 23.7 Å². The maximum Gasteiger partial charge on any atom is 0.273 e. The normalized spacial score (nSPS) is 11.9. The van der Waals surface area contributed by atoms with Crippen LogP contribution in [0.1, 0.15) is 43.1 Å². The largest absolute Gasteiger partial charge is 0.295 e. The Bertz CT molecular complexity index is 366. The first-order valence-electron chi connectivity index (χ1n) is 5.32. The Morgan fingerprint density at radius 1 is 1.25 bits per heavy atom. The van der Waals surface area contributed by atoms with Crippen molar-refractivity contribution in [2.24, 2.45) is 5.92 Å². The van der Waals surface area contributed by atoms with Crippen molar-refractivity contribution in [2.75, 3.05) is 0 Å². The second-order valence-electron chi connectivity index (χ2n) is 4.44. The Balaban J connectivity index is 2.92. The Kier molecular flexibility index (Phi) is 3.79. The molecule has 1 aromatic carbocycles. The molecule has 0 atom stereocenters. The lowest BCUT2D eigenvalue weighted by Gasteiger charge is -2.18. The number of hydrogen-bond donors (Lipinski definition) is 0. The highest BCUT2D eigenvalue weighted by Crippen LogP contribution is 2.34. The van der Waals surface area contributed by atoms with Crippen LogP contribution in [0.5, 0.6) is 0 Å². The third-order valence-electron chi connectivity index (χ3n) is 2.38. The predicted molar refractivity (Wildman–Crippen MR) is 59.8 cm³/mol. The van der Waals surface area contributed by atoms with E-state index < -0.39 is 5.92 Å². The first-order chi connectivity index (χ1) is 7.33. The van der Waals surface area contributed by atoms with Crippen LogP contribution in [0, 0.1) is 5.92 Å². The number of carbonyl (C=O) groups is 1. The van der Waals surface area contributed by atoms with Crippen LogP contribution in [-0.2, 0) is 5.92 Å². The molecule has 0 bridgehead atoms. The molecule has 0 saturated carbocycles. The molecule has 0 unspecified atom stereocenters. The van der Waals surface area contributed by atoms with Crippen molar-refractivity contribution >= 4 is 5.78 Å². The van der Waals surface area contributed by atoms with Crippen molar-refractivity contribution < 1.29 is 13.6 Å². The molecule has 0 heterocycles. The predicted octanol–water partition coefficient (Wildman–Crippen LogP) is 4.03. The van der Waals surface area contributed by atoms with E-state index in [9.17, 15) is 13.6 Å². The summed E-state index contributed by atoms with van der Waals surface area (Å²) < 4.78 is 27.3. The van der Waals surface area contributed by atoms with Crippen LogP contribution in [0.3, 0.4) is 0 Å². The molecule has 3 heteroatoms. The molecule has 0 saturated heterocycles. The van der Waals surface area contributed by atoms with Crippen LogP contribution in [0.4, 0.5) is 8.78 Å². The fourth-order valence-corrected chi connectivity index (χ4v) is 1.58. The Morgan fingerprint density at radius 3 is 2.12 bits per heavy atom. The van der Waals surface area contributed by atoms with E-state index in [2.05, 4.69) is 0 Å². The molecule has 0 spiro atoms. The standard InChI is InChI=1S/C13H16F2O/c1-9(2)8-13(14,15)12-6-4-11(5-7-12)10(3)16/h4-7,9H,8H2,1-3H3. The van der Waals surface area contributed by atoms with E-state index in [1.807, 2.05) is 0 Å². The number of rotatable bonds is 4. The van der Waals surface area contributed by atoms with Crippen molar-refractivity contribution in [1.29, 1.82) is 0 Å². The number of Topliss-reactive ketones (excluding diaryl/α,β-unsaturated/α-hetero) is 1. The summed E-state index contributed by atoms with van der Waals surface area (Å²) in [4.78, 5) is 11.0. The Hall–Kier alpha value is -1.25. The lowest BCUT2D eigenvalue weighted by molar-refractivity contribution is -0.0249. The topological polar surface area (TPSA) is 17.1 Å². The number of hydrogen-bond acceptors (Lipinski definition) is 1. The molecule has 0 aliphatic carbocycles. The molecule has 1 nitrogen and oxygen atoms in total. The summed E-state index contributed by atoms with van der Waals surface area (Å²) >= 11 is 0. The minimum atomic E-state index is -2.82. The van der Waals surface area contributed by atoms with Gasteiger partial charge in [0, 0.05) is 17.5 Å². The van der Waals surface area contributed by atoms with Gasteiger partial charge in [-0.1, -0.05) is 38.1 Å². The Morgan fingerprint density at radius 2 is 1.75 bits per heavy atom. The highest BCUT2D eigenvalue weighted by atomic mass is 19.3. The van der Waals surface area contributed by atoms with Crippen LogP contribution in [-0.4, -0.2) is 5.78 Å². The van der Waals surface area contributed by atoms with E-state index in [4.69, 9.17) is 0 Å². The van der Waals surface area contributed by atoms with Gasteiger partial charge >= 0.3 is 0 Å². The van der Waals surface area contributed by atoms with E-state index in [0.29, 0.717) is 5.56 Å². The summed E-state index contributed by atoms with van der Waals surface area (Å²) in [7, 11) is 0. The number of halogens is 2. The van der Waals surface area contributed by atoms with Crippen LogP contribution < -0.4 is 0 Å². The van der Waals surface area contributed by atoms with E-state index in [1.54, 1.807) is 13.8 Å². The highest BCUT2D eigenvalue weighted by molar-refractivity contribution is 5.94. The number of benzene rings is 1. The van der Waals surface area contributed by atoms with Gasteiger partial charge in [-0.15, -0.1) is 0 Å². The maximum absolute atomic E-state index is 13.7. The van der Waals surface area contributed by atoms with Gasteiger partial charge in [-0.3, -0.25) is 4.79 Å². The van der Waals surface area contributed by atoms with E-state index in [0.717, 1.165) is 0 Å². The second-order valence-corrected chi connectivity index (χ2v) is 4.44. The average molecular weight is 226 g/mol. The monoisotopic (exact) mass is 226 g/mol. The SMILES string of the molecule is CC(=O)c1ccc(C(F)(F)CC(C)C)cc1. The lowest BCUT2D eigenvalue weighted by atomic mass is 9.97. The van der Waals surface area contributed by atoms with E-state index in [1.165, 1.54) is 31.2 Å². The van der Waals surface area contributed by atoms with Gasteiger partial charge in [0.1, 0.15) is 0 Å². The van der Waals surface area contributed by atoms with Crippen molar-refractivity contribution in [1.82, 2.24) is 0 Å². The molecule has 0 aliphatic rings. The van der Waals surface area contributed by atoms with Crippen LogP contribution in [0.25, 0.3) is 0 Å². The first-order valence-corrected chi connectivity index (χ1v) is 5.32. The average Bonchev–Trinajstić information content (AvgIpc) is 2.16. The maximum atomic E-state index is 13.7. The first kappa shape index (κ1) is 12.8. The van der Waals surface area contributed by atoms with Crippen molar-refractivity contribution in [3.63, 3.8) is 0 Å². The zero-order chi connectivity index (χ0) is 12.3. The summed E-state index contributed by atoms with van der Waals surface area (Å²) in [5, 5.41) is 0. The van der Waals surface area contributed by atoms with Gasteiger partial charge in [-0.05, 0) is 12.8 Å². The zero-order valence-electron chi connectivity index (χ0n) is 9.76. The molecule has 0 radical (unpaired) electrons. The smallest absolute Gasteiger partial charge is 0.273 e. The fourth-order valence-electron chi connectivity index (χ4n) is 1.58. The number of ketones is 1. The van der Waals surface area contributed by atoms with Gasteiger partial charge in [0.25, 0.3) is 5.92 Å². The summed E-state index contributed by atoms with van der Waals surface area (Å²) in [6.45, 7) is 4.94. The molecule has 0 aromatic heterocycles. The Labute approximate surface area is 94.5 Å². The molecule has 0 aliphatic heterocycles. The van der Waals surface area contributed by atoms with Gasteiger partial charge in [0.2, 0.25) is 0 Å². The minimum Gasteiger partial charge on any atom is -0.295 e. The van der Waals surface area contributed by atoms with Crippen molar-refractivity contribution in [3.05, 3.63) is 35.4 Å². The van der Waals surface area contributed by atoms with Gasteiger partial charge in [-0.2, -0.15) is 0 Å². The summed E-state index contributed by atoms with van der Waals surface area (Å²) in [6, 6.07) is 5.57. The lowest BCUT2D eigenvalue weighted by Crippen LogP contribution is -2.16. The van der Waals surface area contributed by atoms with Gasteiger partial charge < -0.3 is 0 Å². The molecule has 1 aromatic rings.